The van der Waals surface area contributed by atoms with E-state index >= 15 is 0 Å². The second kappa shape index (κ2) is 8.04. The van der Waals surface area contributed by atoms with Gasteiger partial charge in [-0.15, -0.1) is 5.10 Å². The van der Waals surface area contributed by atoms with E-state index in [1.807, 2.05) is 55.4 Å². The lowest BCUT2D eigenvalue weighted by molar-refractivity contribution is 0.0600. The van der Waals surface area contributed by atoms with Gasteiger partial charge in [-0.1, -0.05) is 48.5 Å². The average Bonchev–Trinajstić information content (AvgIpc) is 3.54. The molecule has 1 aliphatic rings. The summed E-state index contributed by atoms with van der Waals surface area (Å²) in [5.41, 5.74) is 3.10. The second-order valence-corrected chi connectivity index (χ2v) is 8.48. The smallest absolute Gasteiger partial charge is 0.337 e. The van der Waals surface area contributed by atoms with Gasteiger partial charge in [0, 0.05) is 29.8 Å². The van der Waals surface area contributed by atoms with Crippen molar-refractivity contribution in [3.63, 3.8) is 0 Å². The third kappa shape index (κ3) is 3.69. The first-order chi connectivity index (χ1) is 15.5. The van der Waals surface area contributed by atoms with Crippen molar-refractivity contribution < 1.29 is 14.1 Å². The summed E-state index contributed by atoms with van der Waals surface area (Å²) in [5, 5.41) is 9.51. The Morgan fingerprint density at radius 3 is 2.66 bits per heavy atom. The average molecular weight is 449 g/mol. The molecule has 0 atom stereocenters. The molecular formula is C22H20N6O3S. The van der Waals surface area contributed by atoms with Gasteiger partial charge in [0.25, 0.3) is 5.89 Å². The van der Waals surface area contributed by atoms with E-state index in [0.717, 1.165) is 26.9 Å². The monoisotopic (exact) mass is 448 g/mol. The minimum atomic E-state index is -0.361. The molecule has 0 N–H and O–H groups in total. The number of benzene rings is 1. The third-order valence-corrected chi connectivity index (χ3v) is 5.99. The van der Waals surface area contributed by atoms with Crippen LogP contribution in [0.4, 0.5) is 5.13 Å². The molecule has 0 saturated carbocycles. The molecule has 3 aromatic heterocycles. The molecule has 0 bridgehead atoms. The Labute approximate surface area is 187 Å². The molecule has 0 aliphatic carbocycles. The van der Waals surface area contributed by atoms with Crippen LogP contribution in [0.3, 0.4) is 0 Å². The molecule has 0 amide bonds. The molecule has 0 spiro atoms. The fourth-order valence-corrected chi connectivity index (χ4v) is 4.10. The topological polar surface area (TPSA) is 98.7 Å². The van der Waals surface area contributed by atoms with Gasteiger partial charge in [0.1, 0.15) is 0 Å². The standard InChI is InChI=1S/C22H20N6O3S/c1-13(2)18-24-19(31-26-18)15-8-10-27(11-9-15)22-25-28-12-17(23-21(28)32-22)14-4-6-16(7-5-14)20(29)30-3/h4-10,12-13H,11H2,1-3H3. The van der Waals surface area contributed by atoms with E-state index < -0.39 is 0 Å². The molecule has 1 aliphatic heterocycles. The molecule has 1 aromatic carbocycles. The highest BCUT2D eigenvalue weighted by Crippen LogP contribution is 2.29. The quantitative estimate of drug-likeness (QED) is 0.420. The van der Waals surface area contributed by atoms with Crippen LogP contribution in [0.1, 0.15) is 41.8 Å². The molecular weight excluding hydrogens is 428 g/mol. The predicted molar refractivity (Wildman–Crippen MR) is 120 cm³/mol. The molecule has 0 unspecified atom stereocenters. The van der Waals surface area contributed by atoms with Crippen LogP contribution in [0.5, 0.6) is 0 Å². The largest absolute Gasteiger partial charge is 0.465 e. The molecule has 0 radical (unpaired) electrons. The molecule has 4 aromatic rings. The summed E-state index contributed by atoms with van der Waals surface area (Å²) >= 11 is 1.50. The SMILES string of the molecule is COC(=O)c1ccc(-c2cn3nc(N4C=CC(c5nc(C(C)C)no5)=CC4)sc3n2)cc1. The van der Waals surface area contributed by atoms with Gasteiger partial charge in [0.15, 0.2) is 5.82 Å². The Bertz CT molecular complexity index is 1310. The Hall–Kier alpha value is -3.79. The zero-order chi connectivity index (χ0) is 22.2. The first kappa shape index (κ1) is 20.1. The van der Waals surface area contributed by atoms with Crippen molar-refractivity contribution in [2.24, 2.45) is 0 Å². The van der Waals surface area contributed by atoms with Crippen molar-refractivity contribution in [1.82, 2.24) is 24.7 Å². The number of anilines is 1. The number of carbonyl (C=O) groups is 1. The highest BCUT2D eigenvalue weighted by atomic mass is 32.1. The van der Waals surface area contributed by atoms with Gasteiger partial charge in [-0.25, -0.2) is 14.3 Å². The zero-order valence-electron chi connectivity index (χ0n) is 17.7. The van der Waals surface area contributed by atoms with Crippen LogP contribution in [0.25, 0.3) is 21.8 Å². The molecule has 0 saturated heterocycles. The summed E-state index contributed by atoms with van der Waals surface area (Å²) in [4.78, 5) is 23.5. The van der Waals surface area contributed by atoms with E-state index in [4.69, 9.17) is 9.26 Å². The fraction of sp³-hybridized carbons (Fsp3) is 0.227. The van der Waals surface area contributed by atoms with Crippen molar-refractivity contribution in [3.05, 3.63) is 66.1 Å². The van der Waals surface area contributed by atoms with E-state index in [1.165, 1.54) is 18.4 Å². The summed E-state index contributed by atoms with van der Waals surface area (Å²) in [7, 11) is 1.37. The first-order valence-electron chi connectivity index (χ1n) is 10.1. The maximum absolute atomic E-state index is 11.6. The number of hydrogen-bond donors (Lipinski definition) is 0. The second-order valence-electron chi connectivity index (χ2n) is 7.55. The number of rotatable bonds is 5. The normalized spacial score (nSPS) is 13.8. The third-order valence-electron chi connectivity index (χ3n) is 5.03. The number of allylic oxidation sites excluding steroid dienone is 2. The summed E-state index contributed by atoms with van der Waals surface area (Å²) < 4.78 is 11.9. The molecule has 0 fully saturated rings. The number of imidazole rings is 1. The maximum Gasteiger partial charge on any atom is 0.337 e. The van der Waals surface area contributed by atoms with Gasteiger partial charge >= 0.3 is 5.97 Å². The van der Waals surface area contributed by atoms with E-state index in [2.05, 4.69) is 20.2 Å². The number of fused-ring (bicyclic) bond motifs is 1. The van der Waals surface area contributed by atoms with Crippen molar-refractivity contribution in [2.75, 3.05) is 18.6 Å². The molecule has 32 heavy (non-hydrogen) atoms. The first-order valence-corrected chi connectivity index (χ1v) is 10.9. The number of nitrogens with zero attached hydrogens (tertiary/aromatic N) is 6. The van der Waals surface area contributed by atoms with Crippen LogP contribution in [0.2, 0.25) is 0 Å². The van der Waals surface area contributed by atoms with Crippen molar-refractivity contribution in [1.29, 1.82) is 0 Å². The van der Waals surface area contributed by atoms with Crippen molar-refractivity contribution in [3.8, 4) is 11.3 Å². The van der Waals surface area contributed by atoms with Crippen molar-refractivity contribution in [2.45, 2.75) is 19.8 Å². The minimum Gasteiger partial charge on any atom is -0.465 e. The molecule has 9 nitrogen and oxygen atoms in total. The van der Waals surface area contributed by atoms with Crippen LogP contribution in [0.15, 0.2) is 53.3 Å². The number of methoxy groups -OCH3 is 1. The zero-order valence-corrected chi connectivity index (χ0v) is 18.5. The highest BCUT2D eigenvalue weighted by molar-refractivity contribution is 7.20. The number of ether oxygens (including phenoxy) is 1. The van der Waals surface area contributed by atoms with Crippen LogP contribution in [0, 0.1) is 0 Å². The van der Waals surface area contributed by atoms with Crippen LogP contribution < -0.4 is 4.90 Å². The van der Waals surface area contributed by atoms with Crippen LogP contribution in [-0.4, -0.2) is 44.4 Å². The van der Waals surface area contributed by atoms with Crippen LogP contribution >= 0.6 is 11.3 Å². The summed E-state index contributed by atoms with van der Waals surface area (Å²) in [6.07, 6.45) is 7.82. The number of carbonyl (C=O) groups excluding carboxylic acids is 1. The van der Waals surface area contributed by atoms with Crippen LogP contribution in [-0.2, 0) is 4.74 Å². The molecule has 4 heterocycles. The van der Waals surface area contributed by atoms with Gasteiger partial charge < -0.3 is 14.2 Å². The Kier molecular flexibility index (Phi) is 5.06. The number of hydrogen-bond acceptors (Lipinski definition) is 9. The Morgan fingerprint density at radius 1 is 1.22 bits per heavy atom. The van der Waals surface area contributed by atoms with Gasteiger partial charge in [0.2, 0.25) is 10.1 Å². The van der Waals surface area contributed by atoms with E-state index in [1.54, 1.807) is 16.6 Å². The lowest BCUT2D eigenvalue weighted by Crippen LogP contribution is -2.18. The molecule has 5 rings (SSSR count). The predicted octanol–water partition coefficient (Wildman–Crippen LogP) is 4.17. The summed E-state index contributed by atoms with van der Waals surface area (Å²) in [5.74, 6) is 1.09. The van der Waals surface area contributed by atoms with Crippen molar-refractivity contribution >= 4 is 33.0 Å². The Morgan fingerprint density at radius 2 is 2.03 bits per heavy atom. The highest BCUT2D eigenvalue weighted by Gasteiger charge is 2.18. The van der Waals surface area contributed by atoms with E-state index in [-0.39, 0.29) is 11.9 Å². The number of aromatic nitrogens is 5. The van der Waals surface area contributed by atoms with E-state index in [0.29, 0.717) is 23.8 Å². The fourth-order valence-electron chi connectivity index (χ4n) is 3.22. The lowest BCUT2D eigenvalue weighted by atomic mass is 10.1. The summed E-state index contributed by atoms with van der Waals surface area (Å²) in [6, 6.07) is 7.15. The number of esters is 1. The van der Waals surface area contributed by atoms with Gasteiger partial charge in [-0.05, 0) is 18.2 Å². The minimum absolute atomic E-state index is 0.222. The van der Waals surface area contributed by atoms with Gasteiger partial charge in [-0.3, -0.25) is 0 Å². The summed E-state index contributed by atoms with van der Waals surface area (Å²) in [6.45, 7) is 4.70. The van der Waals surface area contributed by atoms with Gasteiger partial charge in [-0.2, -0.15) is 4.98 Å². The molecule has 10 heteroatoms. The molecule has 162 valence electrons. The van der Waals surface area contributed by atoms with Gasteiger partial charge in [0.05, 0.1) is 24.6 Å². The maximum atomic E-state index is 11.6. The lowest BCUT2D eigenvalue weighted by Gasteiger charge is -2.18. The Balaban J connectivity index is 1.31. The van der Waals surface area contributed by atoms with E-state index in [9.17, 15) is 4.79 Å².